The van der Waals surface area contributed by atoms with Gasteiger partial charge in [-0.15, -0.1) is 0 Å². The van der Waals surface area contributed by atoms with E-state index in [0.29, 0.717) is 22.4 Å². The van der Waals surface area contributed by atoms with E-state index < -0.39 is 16.8 Å². The van der Waals surface area contributed by atoms with Crippen LogP contribution < -0.4 is 4.74 Å². The number of nitro groups is 1. The molecule has 0 bridgehead atoms. The molecule has 1 amide bonds. The van der Waals surface area contributed by atoms with Crippen molar-refractivity contribution < 1.29 is 18.8 Å². The fraction of sp³-hybridized carbons (Fsp3) is 0.190. The normalized spacial score (nSPS) is 15.8. The first kappa shape index (κ1) is 20.3. The molecular weight excluding hydrogens is 431 g/mol. The van der Waals surface area contributed by atoms with E-state index in [1.54, 1.807) is 24.6 Å². The highest BCUT2D eigenvalue weighted by Gasteiger charge is 2.41. The third-order valence-corrected chi connectivity index (χ3v) is 6.41. The van der Waals surface area contributed by atoms with Gasteiger partial charge in [-0.2, -0.15) is 0 Å². The van der Waals surface area contributed by atoms with Gasteiger partial charge in [0.2, 0.25) is 5.91 Å². The van der Waals surface area contributed by atoms with Crippen molar-refractivity contribution in [1.82, 2.24) is 4.90 Å². The van der Waals surface area contributed by atoms with Crippen molar-refractivity contribution in [2.45, 2.75) is 19.0 Å². The summed E-state index contributed by atoms with van der Waals surface area (Å²) in [5.41, 5.74) is 2.10. The lowest BCUT2D eigenvalue weighted by Crippen LogP contribution is -2.40. The molecule has 0 fully saturated rings. The third-order valence-electron chi connectivity index (χ3n) is 5.07. The van der Waals surface area contributed by atoms with E-state index in [4.69, 9.17) is 16.3 Å². The Morgan fingerprint density at radius 3 is 2.70 bits per heavy atom. The lowest BCUT2D eigenvalue weighted by molar-refractivity contribution is -0.381. The number of carbonyl (C=O) groups excluding carboxylic acids is 1. The molecule has 3 aromatic rings. The highest BCUT2D eigenvalue weighted by Crippen LogP contribution is 2.46. The Kier molecular flexibility index (Phi) is 5.44. The Labute approximate surface area is 180 Å². The summed E-state index contributed by atoms with van der Waals surface area (Å²) in [6, 6.07) is 10.2. The summed E-state index contributed by atoms with van der Waals surface area (Å²) in [5.74, 6) is -0.0724. The second-order valence-electron chi connectivity index (χ2n) is 6.85. The lowest BCUT2D eigenvalue weighted by atomic mass is 9.89. The molecule has 2 aromatic carbocycles. The molecule has 154 valence electrons. The van der Waals surface area contributed by atoms with E-state index in [0.717, 1.165) is 16.9 Å². The van der Waals surface area contributed by atoms with Crippen molar-refractivity contribution in [1.29, 1.82) is 0 Å². The fourth-order valence-corrected chi connectivity index (χ4v) is 4.82. The van der Waals surface area contributed by atoms with Gasteiger partial charge in [-0.3, -0.25) is 14.9 Å². The smallest absolute Gasteiger partial charge is 0.329 e. The number of nitrogens with zero attached hydrogens (tertiary/aromatic N) is 2. The second-order valence-corrected chi connectivity index (χ2v) is 8.12. The Balaban J connectivity index is 1.86. The quantitative estimate of drug-likeness (QED) is 0.402. The molecule has 1 aliphatic heterocycles. The van der Waals surface area contributed by atoms with Crippen LogP contribution in [0.2, 0.25) is 5.02 Å². The zero-order valence-corrected chi connectivity index (χ0v) is 17.4. The van der Waals surface area contributed by atoms with Crippen LogP contribution in [0.4, 0.5) is 9.39 Å². The first-order valence-electron chi connectivity index (χ1n) is 9.01. The summed E-state index contributed by atoms with van der Waals surface area (Å²) in [4.78, 5) is 25.8. The molecule has 2 heterocycles. The molecule has 0 spiro atoms. The van der Waals surface area contributed by atoms with Crippen LogP contribution in [-0.4, -0.2) is 22.8 Å². The van der Waals surface area contributed by atoms with Gasteiger partial charge >= 0.3 is 5.00 Å². The number of carbonyl (C=O) groups is 1. The molecule has 9 heteroatoms. The SMILES string of the molecule is COc1ccc(CN2C(=O)Cc3csc([N+](=O)[O-])c3C2c2cc(F)ccc2Cl)cc1. The van der Waals surface area contributed by atoms with Crippen LogP contribution in [0, 0.1) is 15.9 Å². The number of thiophene rings is 1. The zero-order chi connectivity index (χ0) is 21.4. The largest absolute Gasteiger partial charge is 0.497 e. The van der Waals surface area contributed by atoms with Gasteiger partial charge in [0, 0.05) is 22.5 Å². The number of halogens is 2. The van der Waals surface area contributed by atoms with Gasteiger partial charge in [0.25, 0.3) is 0 Å². The molecular formula is C21H16ClFN2O4S. The lowest BCUT2D eigenvalue weighted by Gasteiger charge is -2.36. The van der Waals surface area contributed by atoms with Crippen molar-refractivity contribution in [3.63, 3.8) is 0 Å². The van der Waals surface area contributed by atoms with Crippen LogP contribution in [0.15, 0.2) is 47.8 Å². The van der Waals surface area contributed by atoms with Crippen molar-refractivity contribution in [3.05, 3.63) is 91.1 Å². The highest BCUT2D eigenvalue weighted by atomic mass is 35.5. The van der Waals surface area contributed by atoms with E-state index in [1.807, 2.05) is 12.1 Å². The van der Waals surface area contributed by atoms with Gasteiger partial charge in [0.15, 0.2) is 0 Å². The summed E-state index contributed by atoms with van der Waals surface area (Å²) in [7, 11) is 1.56. The average Bonchev–Trinajstić information content (AvgIpc) is 3.14. The number of rotatable bonds is 5. The van der Waals surface area contributed by atoms with Crippen LogP contribution in [0.1, 0.15) is 28.3 Å². The van der Waals surface area contributed by atoms with Gasteiger partial charge in [0.1, 0.15) is 11.6 Å². The molecule has 6 nitrogen and oxygen atoms in total. The molecule has 4 rings (SSSR count). The molecule has 0 N–H and O–H groups in total. The molecule has 1 aliphatic rings. The van der Waals surface area contributed by atoms with Crippen molar-refractivity contribution in [3.8, 4) is 5.75 Å². The van der Waals surface area contributed by atoms with E-state index in [9.17, 15) is 19.3 Å². The Hall–Kier alpha value is -2.97. The summed E-state index contributed by atoms with van der Waals surface area (Å²) in [6.07, 6.45) is 0.0409. The molecule has 0 saturated carbocycles. The fourth-order valence-electron chi connectivity index (χ4n) is 3.68. The van der Waals surface area contributed by atoms with Crippen LogP contribution in [0.25, 0.3) is 0 Å². The maximum Gasteiger partial charge on any atom is 0.329 e. The number of methoxy groups -OCH3 is 1. The third kappa shape index (κ3) is 3.64. The van der Waals surface area contributed by atoms with Gasteiger partial charge in [-0.1, -0.05) is 35.1 Å². The summed E-state index contributed by atoms with van der Waals surface area (Å²) >= 11 is 7.33. The van der Waals surface area contributed by atoms with E-state index in [2.05, 4.69) is 0 Å². The topological polar surface area (TPSA) is 72.7 Å². The maximum atomic E-state index is 14.1. The standard InChI is InChI=1S/C21H16ClFN2O4S/c1-29-15-5-2-12(3-6-15)10-24-18(26)8-13-11-30-21(25(27)28)19(13)20(24)16-9-14(23)4-7-17(16)22/h2-7,9,11,20H,8,10H2,1H3. The molecule has 0 saturated heterocycles. The molecule has 0 aliphatic carbocycles. The van der Waals surface area contributed by atoms with Gasteiger partial charge < -0.3 is 9.64 Å². The Bertz CT molecular complexity index is 1130. The predicted octanol–water partition coefficient (Wildman–Crippen LogP) is 5.13. The van der Waals surface area contributed by atoms with E-state index in [1.165, 1.54) is 23.1 Å². The van der Waals surface area contributed by atoms with Crippen molar-refractivity contribution in [2.75, 3.05) is 7.11 Å². The minimum Gasteiger partial charge on any atom is -0.497 e. The van der Waals surface area contributed by atoms with E-state index in [-0.39, 0.29) is 28.9 Å². The Morgan fingerprint density at radius 1 is 1.30 bits per heavy atom. The summed E-state index contributed by atoms with van der Waals surface area (Å²) < 4.78 is 19.3. The number of hydrogen-bond acceptors (Lipinski definition) is 5. The molecule has 1 atom stereocenters. The van der Waals surface area contributed by atoms with Crippen LogP contribution >= 0.6 is 22.9 Å². The maximum absolute atomic E-state index is 14.1. The van der Waals surface area contributed by atoms with Gasteiger partial charge in [-0.25, -0.2) is 4.39 Å². The van der Waals surface area contributed by atoms with Crippen LogP contribution in [-0.2, 0) is 17.8 Å². The number of hydrogen-bond donors (Lipinski definition) is 0. The minimum absolute atomic E-state index is 0.0409. The number of ether oxygens (including phenoxy) is 1. The molecule has 1 aromatic heterocycles. The van der Waals surface area contributed by atoms with Crippen molar-refractivity contribution in [2.24, 2.45) is 0 Å². The predicted molar refractivity (Wildman–Crippen MR) is 111 cm³/mol. The average molecular weight is 447 g/mol. The van der Waals surface area contributed by atoms with Gasteiger partial charge in [-0.05, 0) is 41.5 Å². The zero-order valence-electron chi connectivity index (χ0n) is 15.8. The Morgan fingerprint density at radius 2 is 2.03 bits per heavy atom. The second kappa shape index (κ2) is 8.04. The first-order chi connectivity index (χ1) is 14.4. The van der Waals surface area contributed by atoms with Crippen molar-refractivity contribution >= 4 is 33.8 Å². The molecule has 30 heavy (non-hydrogen) atoms. The molecule has 1 unspecified atom stereocenters. The highest BCUT2D eigenvalue weighted by molar-refractivity contribution is 7.13. The van der Waals surface area contributed by atoms with Gasteiger partial charge in [0.05, 0.1) is 30.1 Å². The number of amides is 1. The van der Waals surface area contributed by atoms with E-state index >= 15 is 0 Å². The monoisotopic (exact) mass is 446 g/mol. The van der Waals surface area contributed by atoms with Crippen LogP contribution in [0.5, 0.6) is 5.75 Å². The first-order valence-corrected chi connectivity index (χ1v) is 10.3. The minimum atomic E-state index is -0.863. The summed E-state index contributed by atoms with van der Waals surface area (Å²) in [5, 5.41) is 13.5. The number of fused-ring (bicyclic) bond motifs is 1. The molecule has 0 radical (unpaired) electrons. The summed E-state index contributed by atoms with van der Waals surface area (Å²) in [6.45, 7) is 0.187. The van der Waals surface area contributed by atoms with Crippen LogP contribution in [0.3, 0.4) is 0 Å². The number of benzene rings is 2.